The van der Waals surface area contributed by atoms with Gasteiger partial charge in [-0.25, -0.2) is 0 Å². The molecule has 0 aromatic carbocycles. The van der Waals surface area contributed by atoms with Crippen LogP contribution in [0.1, 0.15) is 46.5 Å². The van der Waals surface area contributed by atoms with E-state index in [0.717, 1.165) is 0 Å². The molecule has 0 aromatic heterocycles. The third-order valence-corrected chi connectivity index (χ3v) is 7.67. The Morgan fingerprint density at radius 1 is 0.778 bits per heavy atom. The number of hydrogen-bond donors (Lipinski definition) is 1. The minimum atomic E-state index is -7.01. The lowest BCUT2D eigenvalue weighted by molar-refractivity contribution is -0.397. The third kappa shape index (κ3) is 9.70. The van der Waals surface area contributed by atoms with Gasteiger partial charge in [0, 0.05) is 38.8 Å². The normalized spacial score (nSPS) is 13.6. The second-order valence-electron chi connectivity index (χ2n) is 7.26. The molecule has 0 spiro atoms. The molecule has 0 unspecified atom stereocenters. The molecule has 214 valence electrons. The summed E-state index contributed by atoms with van der Waals surface area (Å²) in [5.74, 6) is -21.6. The van der Waals surface area contributed by atoms with Gasteiger partial charge in [-0.05, 0) is 27.2 Å². The van der Waals surface area contributed by atoms with Crippen molar-refractivity contribution >= 4 is 20.7 Å². The Bertz CT molecular complexity index is 678. The second-order valence-corrected chi connectivity index (χ2v) is 9.99. The molecule has 1 N–H and O–H groups in total. The fraction of sp³-hybridized carbons (Fsp3) is 0.895. The fourth-order valence-corrected chi connectivity index (χ4v) is 5.38. The van der Waals surface area contributed by atoms with E-state index in [1.54, 1.807) is 20.8 Å². The molecule has 0 heterocycles. The maximum atomic E-state index is 13.4. The Labute approximate surface area is 203 Å². The zero-order valence-corrected chi connectivity index (χ0v) is 20.9. The highest BCUT2D eigenvalue weighted by molar-refractivity contribution is 6.60. The molecule has 0 saturated heterocycles. The molecule has 0 aliphatic rings. The van der Waals surface area contributed by atoms with Gasteiger partial charge in [-0.1, -0.05) is 0 Å². The minimum Gasteiger partial charge on any atom is -0.465 e. The topological polar surface area (TPSA) is 83.1 Å². The lowest BCUT2D eigenvalue weighted by Crippen LogP contribution is -2.61. The average molecular weight is 568 g/mol. The number of esters is 1. The smallest absolute Gasteiger partial charge is 0.465 e. The van der Waals surface area contributed by atoms with Crippen LogP contribution in [0.5, 0.6) is 0 Å². The van der Waals surface area contributed by atoms with Crippen LogP contribution in [0.3, 0.4) is 0 Å². The Morgan fingerprint density at radius 2 is 1.28 bits per heavy atom. The summed E-state index contributed by atoms with van der Waals surface area (Å²) in [6, 6.07) is 0.386. The maximum Gasteiger partial charge on any atom is 0.500 e. The molecule has 0 radical (unpaired) electrons. The van der Waals surface area contributed by atoms with Gasteiger partial charge >= 0.3 is 38.7 Å². The van der Waals surface area contributed by atoms with E-state index in [0.29, 0.717) is 32.3 Å². The van der Waals surface area contributed by atoms with Gasteiger partial charge in [-0.3, -0.25) is 9.59 Å². The summed E-state index contributed by atoms with van der Waals surface area (Å²) in [5.41, 5.74) is 0. The first-order valence-corrected chi connectivity index (χ1v) is 12.9. The van der Waals surface area contributed by atoms with Crippen molar-refractivity contribution in [2.75, 3.05) is 33.0 Å². The van der Waals surface area contributed by atoms with Gasteiger partial charge in [-0.15, -0.1) is 0 Å². The molecule has 0 fully saturated rings. The molecule has 1 amide bonds. The maximum absolute atomic E-state index is 13.4. The molecular weight excluding hydrogens is 537 g/mol. The molecule has 0 atom stereocenters. The Kier molecular flexibility index (Phi) is 13.7. The zero-order chi connectivity index (χ0) is 28.3. The molecule has 0 aromatic rings. The lowest BCUT2D eigenvalue weighted by atomic mass is 10.0. The quantitative estimate of drug-likeness (QED) is 0.112. The minimum absolute atomic E-state index is 0.143. The predicted molar refractivity (Wildman–Crippen MR) is 109 cm³/mol. The van der Waals surface area contributed by atoms with Crippen molar-refractivity contribution in [1.29, 1.82) is 0 Å². The summed E-state index contributed by atoms with van der Waals surface area (Å²) in [5, 5.41) is 2.47. The van der Waals surface area contributed by atoms with E-state index < -0.39 is 70.5 Å². The highest BCUT2D eigenvalue weighted by atomic mass is 28.4. The highest BCUT2D eigenvalue weighted by Gasteiger charge is 2.81. The van der Waals surface area contributed by atoms with Gasteiger partial charge in [-0.2, -0.15) is 39.5 Å². The van der Waals surface area contributed by atoms with Crippen molar-refractivity contribution in [3.05, 3.63) is 0 Å². The van der Waals surface area contributed by atoms with Crippen molar-refractivity contribution in [1.82, 2.24) is 5.32 Å². The summed E-state index contributed by atoms with van der Waals surface area (Å²) in [6.07, 6.45) is -9.99. The summed E-state index contributed by atoms with van der Waals surface area (Å²) in [7, 11) is -2.92. The number of alkyl halides is 9. The van der Waals surface area contributed by atoms with Crippen LogP contribution in [0, 0.1) is 0 Å². The van der Waals surface area contributed by atoms with Gasteiger partial charge in [0.2, 0.25) is 5.91 Å². The largest absolute Gasteiger partial charge is 0.500 e. The molecule has 36 heavy (non-hydrogen) atoms. The fourth-order valence-electron chi connectivity index (χ4n) is 2.77. The van der Waals surface area contributed by atoms with E-state index in [9.17, 15) is 49.1 Å². The molecule has 17 heteroatoms. The van der Waals surface area contributed by atoms with E-state index >= 15 is 0 Å². The molecule has 0 rings (SSSR count). The van der Waals surface area contributed by atoms with E-state index in [1.807, 2.05) is 0 Å². The number of nitrogens with one attached hydrogen (secondary N) is 1. The SMILES string of the molecule is CCO[Si](CCCNC(=O)CCC(=O)OCCC(F)(F)C(F)(F)C(F)(F)C(F)(F)F)(OCC)OCC. The number of halogens is 9. The Hall–Kier alpha value is -1.59. The highest BCUT2D eigenvalue weighted by Crippen LogP contribution is 2.53. The van der Waals surface area contributed by atoms with Crippen LogP contribution in [0.4, 0.5) is 39.5 Å². The van der Waals surface area contributed by atoms with Crippen LogP contribution in [0.15, 0.2) is 0 Å². The van der Waals surface area contributed by atoms with Crippen molar-refractivity contribution in [2.24, 2.45) is 0 Å². The zero-order valence-electron chi connectivity index (χ0n) is 19.9. The summed E-state index contributed by atoms with van der Waals surface area (Å²) in [4.78, 5) is 23.3. The van der Waals surface area contributed by atoms with Crippen molar-refractivity contribution in [3.8, 4) is 0 Å². The molecule has 0 saturated carbocycles. The number of rotatable bonds is 18. The van der Waals surface area contributed by atoms with E-state index in [1.165, 1.54) is 0 Å². The molecular formula is C19H30F9NO6Si. The third-order valence-electron chi connectivity index (χ3n) is 4.52. The van der Waals surface area contributed by atoms with Crippen molar-refractivity contribution in [3.63, 3.8) is 0 Å². The first-order valence-electron chi connectivity index (χ1n) is 11.0. The van der Waals surface area contributed by atoms with Crippen LogP contribution >= 0.6 is 0 Å². The monoisotopic (exact) mass is 567 g/mol. The predicted octanol–water partition coefficient (Wildman–Crippen LogP) is 4.72. The number of carbonyl (C=O) groups excluding carboxylic acids is 2. The van der Waals surface area contributed by atoms with Gasteiger partial charge < -0.3 is 23.3 Å². The van der Waals surface area contributed by atoms with Crippen LogP contribution in [-0.2, 0) is 27.6 Å². The molecule has 0 aliphatic heterocycles. The summed E-state index contributed by atoms with van der Waals surface area (Å²) < 4.78 is 136. The summed E-state index contributed by atoms with van der Waals surface area (Å²) in [6.45, 7) is 4.95. The molecule has 0 aliphatic carbocycles. The van der Waals surface area contributed by atoms with Gasteiger partial charge in [0.1, 0.15) is 0 Å². The number of ether oxygens (including phenoxy) is 1. The first kappa shape index (κ1) is 34.4. The standard InChI is InChI=1S/C19H30F9NO6Si/c1-4-33-36(34-5-2,35-6-3)13-7-11-29-14(30)8-9-15(31)32-12-10-16(20,21)17(22,23)18(24,25)19(26,27)28/h4-13H2,1-3H3,(H,29,30). The van der Waals surface area contributed by atoms with Crippen molar-refractivity contribution < 1.29 is 67.1 Å². The first-order chi connectivity index (χ1) is 16.4. The van der Waals surface area contributed by atoms with Gasteiger partial charge in [0.05, 0.1) is 19.4 Å². The Balaban J connectivity index is 4.51. The van der Waals surface area contributed by atoms with Crippen LogP contribution in [0.2, 0.25) is 6.04 Å². The Morgan fingerprint density at radius 3 is 1.72 bits per heavy atom. The van der Waals surface area contributed by atoms with Gasteiger partial charge in [0.25, 0.3) is 0 Å². The van der Waals surface area contributed by atoms with E-state index in [4.69, 9.17) is 13.3 Å². The van der Waals surface area contributed by atoms with Crippen molar-refractivity contribution in [2.45, 2.75) is 76.4 Å². The number of carbonyl (C=O) groups is 2. The average Bonchev–Trinajstić information content (AvgIpc) is 2.74. The number of hydrogen-bond acceptors (Lipinski definition) is 6. The van der Waals surface area contributed by atoms with Gasteiger partial charge in [0.15, 0.2) is 0 Å². The van der Waals surface area contributed by atoms with E-state index in [-0.39, 0.29) is 6.54 Å². The summed E-state index contributed by atoms with van der Waals surface area (Å²) >= 11 is 0. The van der Waals surface area contributed by atoms with E-state index in [2.05, 4.69) is 10.1 Å². The second kappa shape index (κ2) is 14.4. The van der Waals surface area contributed by atoms with Crippen LogP contribution in [-0.4, -0.2) is 77.6 Å². The van der Waals surface area contributed by atoms with Crippen LogP contribution in [0.25, 0.3) is 0 Å². The number of amides is 1. The molecule has 0 bridgehead atoms. The molecule has 7 nitrogen and oxygen atoms in total. The lowest BCUT2D eigenvalue weighted by Gasteiger charge is -2.33. The van der Waals surface area contributed by atoms with Crippen LogP contribution < -0.4 is 5.32 Å².